The molecule has 10 heteroatoms. The first kappa shape index (κ1) is 34.9. The fourth-order valence-corrected chi connectivity index (χ4v) is 3.99. The van der Waals surface area contributed by atoms with Crippen LogP contribution in [0.4, 0.5) is 4.79 Å². The summed E-state index contributed by atoms with van der Waals surface area (Å²) in [6, 6.07) is 3.13. The summed E-state index contributed by atoms with van der Waals surface area (Å²) in [4.78, 5) is 49.6. The van der Waals surface area contributed by atoms with E-state index in [1.807, 2.05) is 27.7 Å². The molecule has 1 aromatic carbocycles. The standard InChI is InChI=1S/C30H47NO9/c1-9-11-18(5)28(34)39-24-14-13-22(16-25(24)40-29(35)19(6)12-10-2)23(26(31)27(32)33)15-20(7)37-30(36)38-21(8)17(3)4/h13-14,16-21,23,26H,9-12,15,31H2,1-8H3,(H,32,33)/t18?,19?,20?,21?,23?,26-/m0/s1. The summed E-state index contributed by atoms with van der Waals surface area (Å²) in [7, 11) is 0. The van der Waals surface area contributed by atoms with Gasteiger partial charge < -0.3 is 29.8 Å². The maximum atomic E-state index is 12.8. The first-order chi connectivity index (χ1) is 18.7. The van der Waals surface area contributed by atoms with Crippen LogP contribution in [-0.2, 0) is 23.9 Å². The summed E-state index contributed by atoms with van der Waals surface area (Å²) in [6.07, 6.45) is 0.886. The SMILES string of the molecule is CCCC(C)C(=O)Oc1ccc(C(CC(C)OC(=O)OC(C)C(C)C)[C@H](N)C(=O)O)cc1OC(=O)C(C)CCC. The van der Waals surface area contributed by atoms with Crippen molar-refractivity contribution in [3.63, 3.8) is 0 Å². The zero-order chi connectivity index (χ0) is 30.6. The van der Waals surface area contributed by atoms with E-state index in [9.17, 15) is 24.3 Å². The summed E-state index contributed by atoms with van der Waals surface area (Å²) in [5.41, 5.74) is 6.48. The molecule has 226 valence electrons. The number of carboxylic acid groups (broad SMARTS) is 1. The Kier molecular flexibility index (Phi) is 14.7. The van der Waals surface area contributed by atoms with Crippen LogP contribution in [0.25, 0.3) is 0 Å². The Balaban J connectivity index is 3.35. The van der Waals surface area contributed by atoms with Crippen molar-refractivity contribution < 1.29 is 43.2 Å². The molecule has 40 heavy (non-hydrogen) atoms. The molecule has 1 aromatic rings. The van der Waals surface area contributed by atoms with E-state index in [1.165, 1.54) is 12.1 Å². The number of hydrogen-bond acceptors (Lipinski definition) is 9. The lowest BCUT2D eigenvalue weighted by atomic mass is 9.87. The minimum atomic E-state index is -1.36. The van der Waals surface area contributed by atoms with Gasteiger partial charge in [-0.2, -0.15) is 0 Å². The van der Waals surface area contributed by atoms with E-state index in [0.29, 0.717) is 18.4 Å². The molecular weight excluding hydrogens is 518 g/mol. The van der Waals surface area contributed by atoms with E-state index >= 15 is 0 Å². The molecule has 5 unspecified atom stereocenters. The van der Waals surface area contributed by atoms with Crippen molar-refractivity contribution in [2.75, 3.05) is 0 Å². The average Bonchev–Trinajstić information content (AvgIpc) is 2.87. The fourth-order valence-electron chi connectivity index (χ4n) is 3.99. The Morgan fingerprint density at radius 3 is 1.82 bits per heavy atom. The number of hydrogen-bond donors (Lipinski definition) is 2. The van der Waals surface area contributed by atoms with Crippen LogP contribution in [0, 0.1) is 17.8 Å². The van der Waals surface area contributed by atoms with E-state index in [2.05, 4.69) is 0 Å². The van der Waals surface area contributed by atoms with Crippen LogP contribution < -0.4 is 15.2 Å². The lowest BCUT2D eigenvalue weighted by Gasteiger charge is -2.26. The number of carboxylic acids is 1. The van der Waals surface area contributed by atoms with E-state index in [-0.39, 0.29) is 35.9 Å². The van der Waals surface area contributed by atoms with Gasteiger partial charge in [0, 0.05) is 5.92 Å². The lowest BCUT2D eigenvalue weighted by Crippen LogP contribution is -2.38. The molecule has 0 amide bonds. The molecule has 0 saturated heterocycles. The average molecular weight is 566 g/mol. The van der Waals surface area contributed by atoms with Gasteiger partial charge in [-0.25, -0.2) is 4.79 Å². The molecule has 1 rings (SSSR count). The zero-order valence-corrected chi connectivity index (χ0v) is 25.1. The van der Waals surface area contributed by atoms with Crippen molar-refractivity contribution in [1.82, 2.24) is 0 Å². The highest BCUT2D eigenvalue weighted by Gasteiger charge is 2.31. The van der Waals surface area contributed by atoms with Gasteiger partial charge in [-0.15, -0.1) is 0 Å². The maximum absolute atomic E-state index is 12.8. The Morgan fingerprint density at radius 2 is 1.35 bits per heavy atom. The van der Waals surface area contributed by atoms with Crippen molar-refractivity contribution in [2.45, 2.75) is 112 Å². The summed E-state index contributed by atoms with van der Waals surface area (Å²) >= 11 is 0. The third-order valence-corrected chi connectivity index (χ3v) is 6.89. The molecule has 0 heterocycles. The van der Waals surface area contributed by atoms with Crippen LogP contribution in [0.1, 0.15) is 99.0 Å². The summed E-state index contributed by atoms with van der Waals surface area (Å²) in [5.74, 6) is -3.70. The predicted molar refractivity (Wildman–Crippen MR) is 150 cm³/mol. The summed E-state index contributed by atoms with van der Waals surface area (Å²) in [6.45, 7) is 14.6. The van der Waals surface area contributed by atoms with Gasteiger partial charge in [0.25, 0.3) is 0 Å². The second kappa shape index (κ2) is 16.8. The van der Waals surface area contributed by atoms with Gasteiger partial charge in [0.1, 0.15) is 18.2 Å². The molecule has 0 aliphatic heterocycles. The molecule has 0 aromatic heterocycles. The van der Waals surface area contributed by atoms with E-state index < -0.39 is 48.0 Å². The predicted octanol–water partition coefficient (Wildman–Crippen LogP) is 5.84. The molecule has 0 radical (unpaired) electrons. The van der Waals surface area contributed by atoms with Crippen LogP contribution in [0.5, 0.6) is 11.5 Å². The van der Waals surface area contributed by atoms with Gasteiger partial charge >= 0.3 is 24.1 Å². The zero-order valence-electron chi connectivity index (χ0n) is 25.1. The fraction of sp³-hybridized carbons (Fsp3) is 0.667. The first-order valence-corrected chi connectivity index (χ1v) is 14.1. The number of ether oxygens (including phenoxy) is 4. The number of carbonyl (C=O) groups is 4. The molecule has 0 fully saturated rings. The van der Waals surface area contributed by atoms with Crippen LogP contribution >= 0.6 is 0 Å². The summed E-state index contributed by atoms with van der Waals surface area (Å²) in [5, 5.41) is 9.71. The molecule has 6 atom stereocenters. The van der Waals surface area contributed by atoms with Crippen molar-refractivity contribution in [3.8, 4) is 11.5 Å². The molecule has 3 N–H and O–H groups in total. The Bertz CT molecular complexity index is 993. The Hall–Kier alpha value is -3.14. The Morgan fingerprint density at radius 1 is 0.825 bits per heavy atom. The topological polar surface area (TPSA) is 151 Å². The number of nitrogens with two attached hydrogens (primary N) is 1. The Labute approximate surface area is 237 Å². The third-order valence-electron chi connectivity index (χ3n) is 6.89. The number of benzene rings is 1. The number of esters is 2. The van der Waals surface area contributed by atoms with Gasteiger partial charge in [0.15, 0.2) is 11.5 Å². The van der Waals surface area contributed by atoms with Crippen LogP contribution in [0.3, 0.4) is 0 Å². The maximum Gasteiger partial charge on any atom is 0.508 e. The van der Waals surface area contributed by atoms with Crippen molar-refractivity contribution in [1.29, 1.82) is 0 Å². The normalized spacial score (nSPS) is 15.8. The van der Waals surface area contributed by atoms with Gasteiger partial charge in [0.05, 0.1) is 11.8 Å². The van der Waals surface area contributed by atoms with Crippen LogP contribution in [0.15, 0.2) is 18.2 Å². The molecule has 0 aliphatic rings. The van der Waals surface area contributed by atoms with Crippen molar-refractivity contribution in [3.05, 3.63) is 23.8 Å². The molecular formula is C30H47NO9. The van der Waals surface area contributed by atoms with Crippen LogP contribution in [-0.4, -0.2) is 47.4 Å². The highest BCUT2D eigenvalue weighted by Crippen LogP contribution is 2.35. The molecule has 0 bridgehead atoms. The molecule has 10 nitrogen and oxygen atoms in total. The van der Waals surface area contributed by atoms with Gasteiger partial charge in [-0.05, 0) is 56.7 Å². The molecule has 0 spiro atoms. The van der Waals surface area contributed by atoms with E-state index in [0.717, 1.165) is 12.8 Å². The highest BCUT2D eigenvalue weighted by molar-refractivity contribution is 5.79. The monoisotopic (exact) mass is 565 g/mol. The van der Waals surface area contributed by atoms with Gasteiger partial charge in [-0.1, -0.05) is 60.5 Å². The van der Waals surface area contributed by atoms with Crippen LogP contribution in [0.2, 0.25) is 0 Å². The van der Waals surface area contributed by atoms with E-state index in [4.69, 9.17) is 24.7 Å². The number of rotatable bonds is 16. The minimum Gasteiger partial charge on any atom is -0.480 e. The second-order valence-corrected chi connectivity index (χ2v) is 10.9. The second-order valence-electron chi connectivity index (χ2n) is 10.9. The lowest BCUT2D eigenvalue weighted by molar-refractivity contribution is -0.141. The highest BCUT2D eigenvalue weighted by atomic mass is 16.7. The van der Waals surface area contributed by atoms with Crippen molar-refractivity contribution in [2.24, 2.45) is 23.5 Å². The smallest absolute Gasteiger partial charge is 0.480 e. The van der Waals surface area contributed by atoms with Crippen molar-refractivity contribution >= 4 is 24.1 Å². The minimum absolute atomic E-state index is 0.0103. The molecule has 0 saturated carbocycles. The quantitative estimate of drug-likeness (QED) is 0.185. The molecule has 0 aliphatic carbocycles. The number of aliphatic carboxylic acids is 1. The van der Waals surface area contributed by atoms with Gasteiger partial charge in [-0.3, -0.25) is 14.4 Å². The first-order valence-electron chi connectivity index (χ1n) is 14.1. The summed E-state index contributed by atoms with van der Waals surface area (Å²) < 4.78 is 21.9. The van der Waals surface area contributed by atoms with Gasteiger partial charge in [0.2, 0.25) is 0 Å². The third kappa shape index (κ3) is 11.2. The van der Waals surface area contributed by atoms with E-state index in [1.54, 1.807) is 33.8 Å². The number of carbonyl (C=O) groups excluding carboxylic acids is 3. The largest absolute Gasteiger partial charge is 0.508 e.